The number of carbonyl (C=O) groups excluding carboxylic acids is 2. The molecule has 0 saturated heterocycles. The molecule has 0 aromatic carbocycles. The zero-order chi connectivity index (χ0) is 26.5. The maximum Gasteiger partial charge on any atom is 0.333 e. The molecule has 0 aliphatic heterocycles. The Bertz CT molecular complexity index is 529. The Balaban J connectivity index is 3.08. The number of hydrogen-bond donors (Lipinski definition) is 0. The molecule has 0 radical (unpaired) electrons. The predicted octanol–water partition coefficient (Wildman–Crippen LogP) is 0.802. The normalized spacial score (nSPS) is 10.9. The van der Waals surface area contributed by atoms with E-state index in [9.17, 15) is 9.59 Å². The molecule has 0 aliphatic carbocycles. The van der Waals surface area contributed by atoms with Crippen molar-refractivity contribution >= 4 is 11.9 Å². The summed E-state index contributed by atoms with van der Waals surface area (Å²) in [4.78, 5) is 22.0. The molecule has 0 N–H and O–H groups in total. The van der Waals surface area contributed by atoms with Crippen LogP contribution in [0.5, 0.6) is 0 Å². The summed E-state index contributed by atoms with van der Waals surface area (Å²) in [5.41, 5.74) is 0.368. The molecule has 0 saturated carbocycles. The number of carbonyl (C=O) groups is 2. The maximum absolute atomic E-state index is 11.1. The lowest BCUT2D eigenvalue weighted by Crippen LogP contribution is -2.15. The minimum atomic E-state index is -0.415. The standard InChI is InChI=1S/C24H44O12/c1-22(2)24(26)36-21-20-35-19-18-34-17-16-33-15-14-32-13-12-31-11-10-30-9-8-29-7-6-28-5-4-23(25)27-3/h1,4-21H2,2-3H3. The first-order chi connectivity index (χ1) is 17.6. The first kappa shape index (κ1) is 34.4. The second-order valence-electron chi connectivity index (χ2n) is 7.14. The van der Waals surface area contributed by atoms with E-state index >= 15 is 0 Å². The summed E-state index contributed by atoms with van der Waals surface area (Å²) in [5, 5.41) is 0. The monoisotopic (exact) mass is 524 g/mol. The van der Waals surface area contributed by atoms with Crippen molar-refractivity contribution in [3.05, 3.63) is 12.2 Å². The smallest absolute Gasteiger partial charge is 0.333 e. The van der Waals surface area contributed by atoms with Crippen LogP contribution in [0.1, 0.15) is 13.3 Å². The van der Waals surface area contributed by atoms with Crippen LogP contribution in [-0.2, 0) is 57.0 Å². The molecule has 0 bridgehead atoms. The quantitative estimate of drug-likeness (QED) is 0.0816. The van der Waals surface area contributed by atoms with Crippen LogP contribution in [0.3, 0.4) is 0 Å². The molecule has 0 aromatic heterocycles. The molecular formula is C24H44O12. The molecule has 36 heavy (non-hydrogen) atoms. The molecule has 0 aliphatic rings. The average Bonchev–Trinajstić information content (AvgIpc) is 2.87. The highest BCUT2D eigenvalue weighted by Gasteiger charge is 2.02. The largest absolute Gasteiger partial charge is 0.469 e. The van der Waals surface area contributed by atoms with E-state index in [1.54, 1.807) is 6.92 Å². The fourth-order valence-corrected chi connectivity index (χ4v) is 2.22. The van der Waals surface area contributed by atoms with Gasteiger partial charge in [0.1, 0.15) is 6.61 Å². The van der Waals surface area contributed by atoms with Crippen LogP contribution in [0.15, 0.2) is 12.2 Å². The van der Waals surface area contributed by atoms with E-state index in [4.69, 9.17) is 42.6 Å². The van der Waals surface area contributed by atoms with Crippen molar-refractivity contribution < 1.29 is 57.0 Å². The lowest BCUT2D eigenvalue weighted by atomic mass is 10.4. The molecule has 0 spiro atoms. The third-order valence-corrected chi connectivity index (χ3v) is 4.09. The summed E-state index contributed by atoms with van der Waals surface area (Å²) in [5.74, 6) is -0.704. The van der Waals surface area contributed by atoms with Gasteiger partial charge in [-0.3, -0.25) is 4.79 Å². The van der Waals surface area contributed by atoms with Gasteiger partial charge in [-0.1, -0.05) is 6.58 Å². The van der Waals surface area contributed by atoms with E-state index in [0.717, 1.165) is 0 Å². The second-order valence-corrected chi connectivity index (χ2v) is 7.14. The van der Waals surface area contributed by atoms with Crippen molar-refractivity contribution in [2.75, 3.05) is 119 Å². The number of rotatable bonds is 28. The van der Waals surface area contributed by atoms with Crippen molar-refractivity contribution in [2.45, 2.75) is 13.3 Å². The van der Waals surface area contributed by atoms with E-state index in [2.05, 4.69) is 11.3 Å². The van der Waals surface area contributed by atoms with E-state index in [1.165, 1.54) is 7.11 Å². The van der Waals surface area contributed by atoms with Gasteiger partial charge in [0, 0.05) is 5.57 Å². The molecule has 0 aromatic rings. The van der Waals surface area contributed by atoms with E-state index in [1.807, 2.05) is 0 Å². The molecule has 0 rings (SSSR count). The average molecular weight is 525 g/mol. The molecule has 0 atom stereocenters. The van der Waals surface area contributed by atoms with Gasteiger partial charge in [0.25, 0.3) is 0 Å². The Morgan fingerprint density at radius 1 is 0.500 bits per heavy atom. The highest BCUT2D eigenvalue weighted by molar-refractivity contribution is 5.86. The Labute approximate surface area is 214 Å². The predicted molar refractivity (Wildman–Crippen MR) is 129 cm³/mol. The fraction of sp³-hybridized carbons (Fsp3) is 0.833. The summed E-state index contributed by atoms with van der Waals surface area (Å²) in [7, 11) is 1.35. The molecular weight excluding hydrogens is 480 g/mol. The zero-order valence-corrected chi connectivity index (χ0v) is 21.8. The minimum Gasteiger partial charge on any atom is -0.469 e. The number of ether oxygens (including phenoxy) is 10. The van der Waals surface area contributed by atoms with Crippen molar-refractivity contribution in [3.8, 4) is 0 Å². The van der Waals surface area contributed by atoms with E-state index < -0.39 is 5.97 Å². The molecule has 0 fully saturated rings. The van der Waals surface area contributed by atoms with Gasteiger partial charge < -0.3 is 47.4 Å². The van der Waals surface area contributed by atoms with Crippen LogP contribution >= 0.6 is 0 Å². The van der Waals surface area contributed by atoms with Gasteiger partial charge >= 0.3 is 11.9 Å². The first-order valence-corrected chi connectivity index (χ1v) is 12.1. The third kappa shape index (κ3) is 27.0. The van der Waals surface area contributed by atoms with Crippen LogP contribution in [0.2, 0.25) is 0 Å². The summed E-state index contributed by atoms with van der Waals surface area (Å²) in [6.45, 7) is 12.4. The highest BCUT2D eigenvalue weighted by Crippen LogP contribution is 1.92. The van der Waals surface area contributed by atoms with Crippen molar-refractivity contribution in [3.63, 3.8) is 0 Å². The van der Waals surface area contributed by atoms with Crippen molar-refractivity contribution in [2.24, 2.45) is 0 Å². The second kappa shape index (κ2) is 27.9. The van der Waals surface area contributed by atoms with Crippen LogP contribution in [0, 0.1) is 0 Å². The maximum atomic E-state index is 11.1. The molecule has 0 amide bonds. The first-order valence-electron chi connectivity index (χ1n) is 12.1. The van der Waals surface area contributed by atoms with E-state index in [0.29, 0.717) is 111 Å². The van der Waals surface area contributed by atoms with Crippen LogP contribution in [-0.4, -0.2) is 131 Å². The van der Waals surface area contributed by atoms with Crippen LogP contribution in [0.25, 0.3) is 0 Å². The number of methoxy groups -OCH3 is 1. The fourth-order valence-electron chi connectivity index (χ4n) is 2.22. The van der Waals surface area contributed by atoms with Gasteiger partial charge in [-0.05, 0) is 6.92 Å². The van der Waals surface area contributed by atoms with Crippen molar-refractivity contribution in [1.82, 2.24) is 0 Å². The summed E-state index contributed by atoms with van der Waals surface area (Å²) < 4.78 is 52.3. The lowest BCUT2D eigenvalue weighted by molar-refractivity contribution is -0.142. The Hall–Kier alpha value is -1.64. The van der Waals surface area contributed by atoms with Gasteiger partial charge in [0.15, 0.2) is 0 Å². The molecule has 12 nitrogen and oxygen atoms in total. The summed E-state index contributed by atoms with van der Waals surface area (Å²) in [6, 6.07) is 0. The molecule has 212 valence electrons. The van der Waals surface area contributed by atoms with Crippen LogP contribution in [0.4, 0.5) is 0 Å². The van der Waals surface area contributed by atoms with Gasteiger partial charge in [-0.15, -0.1) is 0 Å². The summed E-state index contributed by atoms with van der Waals surface area (Å²) in [6.07, 6.45) is 0.242. The van der Waals surface area contributed by atoms with Gasteiger partial charge in [-0.2, -0.15) is 0 Å². The Morgan fingerprint density at radius 2 is 0.778 bits per heavy atom. The van der Waals surface area contributed by atoms with Crippen molar-refractivity contribution in [1.29, 1.82) is 0 Å². The Morgan fingerprint density at radius 3 is 1.06 bits per heavy atom. The molecule has 0 unspecified atom stereocenters. The zero-order valence-electron chi connectivity index (χ0n) is 21.8. The highest BCUT2D eigenvalue weighted by atomic mass is 16.6. The third-order valence-electron chi connectivity index (χ3n) is 4.09. The van der Waals surface area contributed by atoms with Gasteiger partial charge in [-0.25, -0.2) is 4.79 Å². The molecule has 12 heteroatoms. The number of esters is 2. The van der Waals surface area contributed by atoms with Gasteiger partial charge in [0.2, 0.25) is 0 Å². The van der Waals surface area contributed by atoms with E-state index in [-0.39, 0.29) is 19.0 Å². The Kier molecular flexibility index (Phi) is 26.7. The topological polar surface area (TPSA) is 126 Å². The minimum absolute atomic E-state index is 0.197. The SMILES string of the molecule is C=C(C)C(=O)OCCOCCOCCOCCOCCOCCOCCOCCOCCC(=O)OC. The number of hydrogen-bond acceptors (Lipinski definition) is 12. The summed E-state index contributed by atoms with van der Waals surface area (Å²) >= 11 is 0. The van der Waals surface area contributed by atoms with Crippen LogP contribution < -0.4 is 0 Å². The van der Waals surface area contributed by atoms with Gasteiger partial charge in [0.05, 0.1) is 119 Å². The molecule has 0 heterocycles. The lowest BCUT2D eigenvalue weighted by Gasteiger charge is -2.09.